The van der Waals surface area contributed by atoms with Crippen molar-refractivity contribution in [2.75, 3.05) is 26.2 Å². The third-order valence-corrected chi connectivity index (χ3v) is 7.40. The molecular weight excluding hydrogens is 427 g/mol. The third kappa shape index (κ3) is 4.34. The van der Waals surface area contributed by atoms with Crippen molar-refractivity contribution in [3.8, 4) is 16.5 Å². The van der Waals surface area contributed by atoms with Crippen molar-refractivity contribution in [3.05, 3.63) is 52.4 Å². The van der Waals surface area contributed by atoms with Crippen molar-refractivity contribution >= 4 is 17.1 Å². The second kappa shape index (κ2) is 9.11. The molecule has 2 aliphatic heterocycles. The minimum atomic E-state index is -0.313. The van der Waals surface area contributed by atoms with Crippen LogP contribution in [0.4, 0.5) is 4.39 Å². The highest BCUT2D eigenvalue weighted by atomic mass is 32.1. The standard InChI is InChI=1S/C24H27FN4O2S/c1-16-15-21-22(32-16)24-27-26-23(29(24)13-14-31-21)18-8-11-28(12-9-18)10-2-3-20(30)17-4-6-19(25)7-5-17/h4-7,15,18H,2-3,8-14H2,1H3. The van der Waals surface area contributed by atoms with Gasteiger partial charge < -0.3 is 14.2 Å². The number of carbonyl (C=O) groups is 1. The lowest BCUT2D eigenvalue weighted by atomic mass is 9.95. The van der Waals surface area contributed by atoms with E-state index < -0.39 is 0 Å². The first-order valence-corrected chi connectivity index (χ1v) is 12.1. The van der Waals surface area contributed by atoms with Crippen LogP contribution in [-0.4, -0.2) is 51.7 Å². The Morgan fingerprint density at radius 3 is 2.75 bits per heavy atom. The number of nitrogens with zero attached hydrogens (tertiary/aromatic N) is 4. The van der Waals surface area contributed by atoms with Crippen molar-refractivity contribution < 1.29 is 13.9 Å². The number of carbonyl (C=O) groups excluding carboxylic acids is 1. The molecule has 0 radical (unpaired) electrons. The zero-order valence-corrected chi connectivity index (χ0v) is 19.0. The average Bonchev–Trinajstić information content (AvgIpc) is 3.33. The molecule has 0 atom stereocenters. The highest BCUT2D eigenvalue weighted by Crippen LogP contribution is 2.40. The van der Waals surface area contributed by atoms with Gasteiger partial charge in [-0.05, 0) is 76.2 Å². The van der Waals surface area contributed by atoms with Gasteiger partial charge in [0.1, 0.15) is 28.9 Å². The molecule has 6 nitrogen and oxygen atoms in total. The number of Topliss-reactive ketones (excluding diaryl/α,β-unsaturated/α-hetero) is 1. The largest absolute Gasteiger partial charge is 0.490 e. The molecule has 0 bridgehead atoms. The van der Waals surface area contributed by atoms with Gasteiger partial charge in [-0.2, -0.15) is 0 Å². The van der Waals surface area contributed by atoms with Gasteiger partial charge in [0.05, 0.1) is 6.54 Å². The van der Waals surface area contributed by atoms with E-state index >= 15 is 0 Å². The highest BCUT2D eigenvalue weighted by Gasteiger charge is 2.29. The Balaban J connectivity index is 1.15. The summed E-state index contributed by atoms with van der Waals surface area (Å²) in [6.45, 7) is 6.41. The van der Waals surface area contributed by atoms with Gasteiger partial charge in [-0.15, -0.1) is 21.5 Å². The quantitative estimate of drug-likeness (QED) is 0.506. The summed E-state index contributed by atoms with van der Waals surface area (Å²) >= 11 is 1.71. The summed E-state index contributed by atoms with van der Waals surface area (Å²) in [6, 6.07) is 7.90. The molecule has 1 fully saturated rings. The Hall–Kier alpha value is -2.58. The fraction of sp³-hybridized carbons (Fsp3) is 0.458. The lowest BCUT2D eigenvalue weighted by Gasteiger charge is -2.31. The number of ketones is 1. The number of benzene rings is 1. The van der Waals surface area contributed by atoms with Gasteiger partial charge in [0, 0.05) is 22.8 Å². The number of rotatable bonds is 6. The summed E-state index contributed by atoms with van der Waals surface area (Å²) in [5.41, 5.74) is 0.589. The summed E-state index contributed by atoms with van der Waals surface area (Å²) in [5.74, 6) is 3.11. The van der Waals surface area contributed by atoms with Gasteiger partial charge in [0.2, 0.25) is 0 Å². The molecule has 8 heteroatoms. The Bertz CT molecular complexity index is 1100. The van der Waals surface area contributed by atoms with Gasteiger partial charge >= 0.3 is 0 Å². The molecule has 1 aromatic carbocycles. The number of likely N-dealkylation sites (tertiary alicyclic amines) is 1. The topological polar surface area (TPSA) is 60.2 Å². The number of hydrogen-bond donors (Lipinski definition) is 0. The van der Waals surface area contributed by atoms with E-state index in [1.807, 2.05) is 0 Å². The molecule has 0 N–H and O–H groups in total. The van der Waals surface area contributed by atoms with E-state index in [1.54, 1.807) is 23.5 Å². The SMILES string of the molecule is Cc1cc2c(s1)-c1nnc(C3CCN(CCCC(=O)c4ccc(F)cc4)CC3)n1CCO2. The molecule has 2 aliphatic rings. The van der Waals surface area contributed by atoms with Crippen LogP contribution >= 0.6 is 11.3 Å². The summed E-state index contributed by atoms with van der Waals surface area (Å²) < 4.78 is 21.2. The monoisotopic (exact) mass is 454 g/mol. The molecule has 0 saturated carbocycles. The van der Waals surface area contributed by atoms with E-state index in [1.165, 1.54) is 17.0 Å². The summed E-state index contributed by atoms with van der Waals surface area (Å²) in [4.78, 5) is 17.0. The van der Waals surface area contributed by atoms with Gasteiger partial charge in [-0.1, -0.05) is 0 Å². The number of ether oxygens (including phenoxy) is 1. The molecule has 1 saturated heterocycles. The maximum Gasteiger partial charge on any atom is 0.178 e. The Kier molecular flexibility index (Phi) is 6.06. The molecule has 0 amide bonds. The van der Waals surface area contributed by atoms with Crippen molar-refractivity contribution in [1.82, 2.24) is 19.7 Å². The van der Waals surface area contributed by atoms with Gasteiger partial charge in [0.25, 0.3) is 0 Å². The van der Waals surface area contributed by atoms with E-state index in [0.717, 1.165) is 67.7 Å². The van der Waals surface area contributed by atoms with Crippen LogP contribution in [0.15, 0.2) is 30.3 Å². The van der Waals surface area contributed by atoms with E-state index in [9.17, 15) is 9.18 Å². The molecule has 168 valence electrons. The molecule has 0 spiro atoms. The summed E-state index contributed by atoms with van der Waals surface area (Å²) in [7, 11) is 0. The van der Waals surface area contributed by atoms with Crippen LogP contribution in [0.3, 0.4) is 0 Å². The van der Waals surface area contributed by atoms with Crippen molar-refractivity contribution in [2.24, 2.45) is 0 Å². The van der Waals surface area contributed by atoms with Crippen molar-refractivity contribution in [2.45, 2.75) is 45.1 Å². The molecule has 32 heavy (non-hydrogen) atoms. The Morgan fingerprint density at radius 2 is 1.97 bits per heavy atom. The lowest BCUT2D eigenvalue weighted by Crippen LogP contribution is -2.34. The van der Waals surface area contributed by atoms with Crippen LogP contribution in [0, 0.1) is 12.7 Å². The lowest BCUT2D eigenvalue weighted by molar-refractivity contribution is 0.0972. The van der Waals surface area contributed by atoms with E-state index in [2.05, 4.69) is 32.7 Å². The molecule has 4 heterocycles. The smallest absolute Gasteiger partial charge is 0.178 e. The van der Waals surface area contributed by atoms with Gasteiger partial charge in [-0.25, -0.2) is 4.39 Å². The van der Waals surface area contributed by atoms with Gasteiger partial charge in [-0.3, -0.25) is 4.79 Å². The fourth-order valence-corrected chi connectivity index (χ4v) is 5.61. The number of aryl methyl sites for hydroxylation is 1. The Morgan fingerprint density at radius 1 is 1.19 bits per heavy atom. The second-order valence-corrected chi connectivity index (χ2v) is 9.84. The van der Waals surface area contributed by atoms with Crippen molar-refractivity contribution in [1.29, 1.82) is 0 Å². The Labute approximate surface area is 191 Å². The van der Waals surface area contributed by atoms with Crippen LogP contribution in [0.2, 0.25) is 0 Å². The van der Waals surface area contributed by atoms with Crippen LogP contribution in [0.25, 0.3) is 10.7 Å². The second-order valence-electron chi connectivity index (χ2n) is 8.58. The maximum absolute atomic E-state index is 13.0. The van der Waals surface area contributed by atoms with E-state index in [-0.39, 0.29) is 11.6 Å². The number of halogens is 1. The predicted molar refractivity (Wildman–Crippen MR) is 122 cm³/mol. The minimum absolute atomic E-state index is 0.0800. The molecular formula is C24H27FN4O2S. The molecule has 0 unspecified atom stereocenters. The van der Waals surface area contributed by atoms with Crippen LogP contribution in [0.5, 0.6) is 5.75 Å². The molecule has 2 aromatic heterocycles. The average molecular weight is 455 g/mol. The highest BCUT2D eigenvalue weighted by molar-refractivity contribution is 7.15. The first-order valence-electron chi connectivity index (χ1n) is 11.3. The molecule has 0 aliphatic carbocycles. The minimum Gasteiger partial charge on any atom is -0.490 e. The van der Waals surface area contributed by atoms with E-state index in [4.69, 9.17) is 4.74 Å². The zero-order chi connectivity index (χ0) is 22.1. The molecule has 5 rings (SSSR count). The number of piperidine rings is 1. The summed E-state index contributed by atoms with van der Waals surface area (Å²) in [5, 5.41) is 9.13. The van der Waals surface area contributed by atoms with Crippen LogP contribution in [0.1, 0.15) is 52.7 Å². The first kappa shape index (κ1) is 21.3. The number of aromatic nitrogens is 3. The molecule has 3 aromatic rings. The fourth-order valence-electron chi connectivity index (χ4n) is 4.66. The predicted octanol–water partition coefficient (Wildman–Crippen LogP) is 4.69. The van der Waals surface area contributed by atoms with Gasteiger partial charge in [0.15, 0.2) is 11.6 Å². The number of fused-ring (bicyclic) bond motifs is 3. The van der Waals surface area contributed by atoms with Crippen LogP contribution in [-0.2, 0) is 6.54 Å². The zero-order valence-electron chi connectivity index (χ0n) is 18.2. The number of thiophene rings is 1. The first-order chi connectivity index (χ1) is 15.6. The number of hydrogen-bond acceptors (Lipinski definition) is 6. The summed E-state index contributed by atoms with van der Waals surface area (Å²) in [6.07, 6.45) is 3.40. The van der Waals surface area contributed by atoms with E-state index in [0.29, 0.717) is 24.5 Å². The maximum atomic E-state index is 13.0. The normalized spacial score (nSPS) is 16.8. The third-order valence-electron chi connectivity index (χ3n) is 6.37. The van der Waals surface area contributed by atoms with Crippen molar-refractivity contribution in [3.63, 3.8) is 0 Å². The van der Waals surface area contributed by atoms with Crippen LogP contribution < -0.4 is 4.74 Å².